The Labute approximate surface area is 129 Å². The Bertz CT molecular complexity index is 591. The minimum Gasteiger partial charge on any atom is -0.465 e. The van der Waals surface area contributed by atoms with E-state index in [1.807, 2.05) is 0 Å². The molecule has 0 radical (unpaired) electrons. The third kappa shape index (κ3) is 3.63. The second kappa shape index (κ2) is 6.87. The second-order valence-electron chi connectivity index (χ2n) is 5.08. The highest BCUT2D eigenvalue weighted by atomic mass is 32.2. The van der Waals surface area contributed by atoms with Gasteiger partial charge in [0, 0.05) is 13.6 Å². The van der Waals surface area contributed by atoms with E-state index in [4.69, 9.17) is 0 Å². The van der Waals surface area contributed by atoms with Crippen molar-refractivity contribution in [2.45, 2.75) is 17.7 Å². The van der Waals surface area contributed by atoms with Crippen LogP contribution in [0.4, 0.5) is 0 Å². The molecule has 1 aliphatic heterocycles. The van der Waals surface area contributed by atoms with Crippen molar-refractivity contribution in [3.63, 3.8) is 0 Å². The van der Waals surface area contributed by atoms with Crippen LogP contribution in [0.5, 0.6) is 0 Å². The Morgan fingerprint density at radius 3 is 2.76 bits per heavy atom. The van der Waals surface area contributed by atoms with Crippen LogP contribution in [0.2, 0.25) is 0 Å². The first-order valence-corrected chi connectivity index (χ1v) is 9.11. The fourth-order valence-corrected chi connectivity index (χ4v) is 4.99. The lowest BCUT2D eigenvalue weighted by Crippen LogP contribution is -2.37. The minimum absolute atomic E-state index is 0.0378. The molecule has 1 N–H and O–H groups in total. The molecule has 0 atom stereocenters. The quantitative estimate of drug-likeness (QED) is 0.819. The molecule has 1 aromatic heterocycles. The number of nitrogens with one attached hydrogen (secondary N) is 1. The molecule has 0 saturated carbocycles. The van der Waals surface area contributed by atoms with E-state index in [-0.39, 0.29) is 9.77 Å². The molecule has 1 saturated heterocycles. The molecule has 1 aliphatic rings. The van der Waals surface area contributed by atoms with Crippen LogP contribution in [0.25, 0.3) is 0 Å². The Morgan fingerprint density at radius 2 is 2.14 bits per heavy atom. The Morgan fingerprint density at radius 1 is 1.48 bits per heavy atom. The zero-order valence-electron chi connectivity index (χ0n) is 12.2. The first-order valence-electron chi connectivity index (χ1n) is 6.79. The van der Waals surface area contributed by atoms with Gasteiger partial charge >= 0.3 is 5.97 Å². The molecule has 0 unspecified atom stereocenters. The molecule has 0 bridgehead atoms. The van der Waals surface area contributed by atoms with E-state index < -0.39 is 16.0 Å². The molecule has 21 heavy (non-hydrogen) atoms. The van der Waals surface area contributed by atoms with Crippen LogP contribution in [0.3, 0.4) is 0 Å². The maximum Gasteiger partial charge on any atom is 0.349 e. The summed E-state index contributed by atoms with van der Waals surface area (Å²) in [4.78, 5) is 11.8. The van der Waals surface area contributed by atoms with Gasteiger partial charge in [-0.1, -0.05) is 0 Å². The van der Waals surface area contributed by atoms with Gasteiger partial charge in [0.1, 0.15) is 9.77 Å². The monoisotopic (exact) mass is 332 g/mol. The van der Waals surface area contributed by atoms with E-state index in [9.17, 15) is 13.2 Å². The molecule has 1 aromatic rings. The number of rotatable bonds is 5. The number of carbonyl (C=O) groups excluding carboxylic acids is 1. The molecular formula is C13H20N2O4S2. The van der Waals surface area contributed by atoms with E-state index in [2.05, 4.69) is 10.1 Å². The van der Waals surface area contributed by atoms with Gasteiger partial charge in [-0.05, 0) is 43.3 Å². The lowest BCUT2D eigenvalue weighted by atomic mass is 9.98. The number of hydrogen-bond acceptors (Lipinski definition) is 6. The number of carbonyl (C=O) groups is 1. The van der Waals surface area contributed by atoms with Gasteiger partial charge in [-0.2, -0.15) is 0 Å². The van der Waals surface area contributed by atoms with E-state index in [1.165, 1.54) is 17.5 Å². The summed E-state index contributed by atoms with van der Waals surface area (Å²) in [6.07, 6.45) is 1.93. The second-order valence-corrected chi connectivity index (χ2v) is 8.01. The number of thiophene rings is 1. The number of sulfonamides is 1. The van der Waals surface area contributed by atoms with Crippen LogP contribution in [-0.2, 0) is 14.8 Å². The van der Waals surface area contributed by atoms with Crippen molar-refractivity contribution in [2.24, 2.45) is 5.92 Å². The topological polar surface area (TPSA) is 75.7 Å². The summed E-state index contributed by atoms with van der Waals surface area (Å²) in [5.41, 5.74) is 0. The Hall–Kier alpha value is -0.960. The van der Waals surface area contributed by atoms with Gasteiger partial charge in [-0.3, -0.25) is 0 Å². The number of esters is 1. The highest BCUT2D eigenvalue weighted by Crippen LogP contribution is 2.26. The van der Waals surface area contributed by atoms with E-state index in [0.29, 0.717) is 12.5 Å². The van der Waals surface area contributed by atoms with Crippen molar-refractivity contribution in [2.75, 3.05) is 33.8 Å². The average molecular weight is 332 g/mol. The minimum atomic E-state index is -3.66. The lowest BCUT2D eigenvalue weighted by Gasteiger charge is -2.27. The fourth-order valence-electron chi connectivity index (χ4n) is 2.44. The average Bonchev–Trinajstić information content (AvgIpc) is 2.97. The van der Waals surface area contributed by atoms with E-state index in [0.717, 1.165) is 37.3 Å². The van der Waals surface area contributed by atoms with Gasteiger partial charge in [0.05, 0.1) is 7.11 Å². The summed E-state index contributed by atoms with van der Waals surface area (Å²) >= 11 is 1.08. The van der Waals surface area contributed by atoms with Gasteiger partial charge in [0.2, 0.25) is 10.0 Å². The molecule has 1 fully saturated rings. The first-order chi connectivity index (χ1) is 9.96. The van der Waals surface area contributed by atoms with Gasteiger partial charge in [-0.25, -0.2) is 17.5 Å². The number of ether oxygens (including phenoxy) is 1. The zero-order chi connectivity index (χ0) is 15.5. The number of nitrogens with zero attached hydrogens (tertiary/aromatic N) is 1. The van der Waals surface area contributed by atoms with Crippen LogP contribution < -0.4 is 5.32 Å². The van der Waals surface area contributed by atoms with Crippen LogP contribution in [0.15, 0.2) is 16.3 Å². The number of hydrogen-bond donors (Lipinski definition) is 1. The van der Waals surface area contributed by atoms with Crippen LogP contribution in [0.1, 0.15) is 22.5 Å². The third-order valence-electron chi connectivity index (χ3n) is 3.66. The molecular weight excluding hydrogens is 312 g/mol. The summed E-state index contributed by atoms with van der Waals surface area (Å²) in [7, 11) is -0.845. The maximum atomic E-state index is 12.6. The van der Waals surface area contributed by atoms with Crippen molar-refractivity contribution >= 4 is 27.3 Å². The first kappa shape index (κ1) is 16.4. The predicted octanol–water partition coefficient (Wildman–Crippen LogP) is 1.15. The SMILES string of the molecule is COC(=O)c1sccc1S(=O)(=O)N(C)CC1CCNCC1. The Kier molecular flexibility index (Phi) is 5.37. The van der Waals surface area contributed by atoms with Crippen molar-refractivity contribution in [1.29, 1.82) is 0 Å². The third-order valence-corrected chi connectivity index (χ3v) is 6.55. The lowest BCUT2D eigenvalue weighted by molar-refractivity contribution is 0.0602. The standard InChI is InChI=1S/C13H20N2O4S2/c1-15(9-10-3-6-14-7-4-10)21(17,18)11-5-8-20-12(11)13(16)19-2/h5,8,10,14H,3-4,6-7,9H2,1-2H3. The summed E-state index contributed by atoms with van der Waals surface area (Å²) in [6, 6.07) is 1.46. The molecule has 2 heterocycles. The molecule has 6 nitrogen and oxygen atoms in total. The summed E-state index contributed by atoms with van der Waals surface area (Å²) < 4.78 is 31.2. The molecule has 0 aromatic carbocycles. The van der Waals surface area contributed by atoms with Gasteiger partial charge < -0.3 is 10.1 Å². The number of piperidine rings is 1. The molecule has 0 amide bonds. The smallest absolute Gasteiger partial charge is 0.349 e. The van der Waals surface area contributed by atoms with Crippen LogP contribution >= 0.6 is 11.3 Å². The molecule has 0 spiro atoms. The zero-order valence-corrected chi connectivity index (χ0v) is 13.8. The van der Waals surface area contributed by atoms with Gasteiger partial charge in [0.15, 0.2) is 0 Å². The molecule has 0 aliphatic carbocycles. The molecule has 118 valence electrons. The summed E-state index contributed by atoms with van der Waals surface area (Å²) in [6.45, 7) is 2.31. The van der Waals surface area contributed by atoms with Crippen LogP contribution in [0, 0.1) is 5.92 Å². The van der Waals surface area contributed by atoms with Crippen LogP contribution in [-0.4, -0.2) is 52.5 Å². The summed E-state index contributed by atoms with van der Waals surface area (Å²) in [5, 5.41) is 4.85. The Balaban J connectivity index is 2.17. The van der Waals surface area contributed by atoms with Crippen molar-refractivity contribution in [3.8, 4) is 0 Å². The highest BCUT2D eigenvalue weighted by molar-refractivity contribution is 7.89. The number of methoxy groups -OCH3 is 1. The van der Waals surface area contributed by atoms with Gasteiger partial charge in [-0.15, -0.1) is 11.3 Å². The maximum absolute atomic E-state index is 12.6. The van der Waals surface area contributed by atoms with Crippen molar-refractivity contribution < 1.29 is 17.9 Å². The largest absolute Gasteiger partial charge is 0.465 e. The predicted molar refractivity (Wildman–Crippen MR) is 81.1 cm³/mol. The van der Waals surface area contributed by atoms with E-state index >= 15 is 0 Å². The molecule has 8 heteroatoms. The normalized spacial score (nSPS) is 17.1. The highest BCUT2D eigenvalue weighted by Gasteiger charge is 2.30. The van der Waals surface area contributed by atoms with Gasteiger partial charge in [0.25, 0.3) is 0 Å². The summed E-state index contributed by atoms with van der Waals surface area (Å²) in [5.74, 6) is -0.259. The van der Waals surface area contributed by atoms with Crippen molar-refractivity contribution in [1.82, 2.24) is 9.62 Å². The fraction of sp³-hybridized carbons (Fsp3) is 0.615. The molecule has 2 rings (SSSR count). The van der Waals surface area contributed by atoms with Crippen molar-refractivity contribution in [3.05, 3.63) is 16.3 Å². The van der Waals surface area contributed by atoms with E-state index in [1.54, 1.807) is 12.4 Å².